The van der Waals surface area contributed by atoms with Crippen LogP contribution in [0.15, 0.2) is 65.5 Å². The van der Waals surface area contributed by atoms with Gasteiger partial charge >= 0.3 is 5.97 Å². The zero-order valence-corrected chi connectivity index (χ0v) is 18.7. The minimum Gasteiger partial charge on any atom is -0.465 e. The second-order valence-electron chi connectivity index (χ2n) is 7.72. The van der Waals surface area contributed by atoms with Gasteiger partial charge in [-0.1, -0.05) is 24.3 Å². The van der Waals surface area contributed by atoms with Crippen molar-refractivity contribution in [3.8, 4) is 5.69 Å². The van der Waals surface area contributed by atoms with E-state index in [1.54, 1.807) is 39.6 Å². The number of pyridine rings is 1. The van der Waals surface area contributed by atoms with Gasteiger partial charge in [0, 0.05) is 30.1 Å². The highest BCUT2D eigenvalue weighted by Crippen LogP contribution is 2.24. The average Bonchev–Trinajstić information content (AvgIpc) is 3.16. The van der Waals surface area contributed by atoms with Gasteiger partial charge < -0.3 is 10.1 Å². The van der Waals surface area contributed by atoms with Crippen LogP contribution in [0.1, 0.15) is 28.0 Å². The number of ether oxygens (including phenoxy) is 1. The minimum absolute atomic E-state index is 0.0690. The quantitative estimate of drug-likeness (QED) is 0.459. The van der Waals surface area contributed by atoms with Gasteiger partial charge in [-0.15, -0.1) is 0 Å². The molecular weight excluding hydrogens is 420 g/mol. The molecule has 33 heavy (non-hydrogen) atoms. The fourth-order valence-corrected chi connectivity index (χ4v) is 3.91. The van der Waals surface area contributed by atoms with E-state index in [-0.39, 0.29) is 24.4 Å². The number of nitrogens with one attached hydrogen (secondary N) is 1. The molecule has 2 aromatic carbocycles. The monoisotopic (exact) mass is 444 g/mol. The number of amides is 1. The summed E-state index contributed by atoms with van der Waals surface area (Å²) in [6.07, 6.45) is 0.0690. The number of esters is 1. The number of rotatable bonds is 6. The van der Waals surface area contributed by atoms with Gasteiger partial charge in [-0.25, -0.2) is 9.48 Å². The molecular formula is C25H24N4O4. The third kappa shape index (κ3) is 4.41. The maximum Gasteiger partial charge on any atom is 0.337 e. The Labute approximate surface area is 190 Å². The van der Waals surface area contributed by atoms with E-state index in [1.807, 2.05) is 44.2 Å². The van der Waals surface area contributed by atoms with Gasteiger partial charge in [-0.2, -0.15) is 5.10 Å². The molecule has 0 bridgehead atoms. The number of hydrogen-bond donors (Lipinski definition) is 1. The van der Waals surface area contributed by atoms with Gasteiger partial charge in [0.05, 0.1) is 24.1 Å². The Kier molecular flexibility index (Phi) is 6.08. The van der Waals surface area contributed by atoms with E-state index in [4.69, 9.17) is 4.74 Å². The number of fused-ring (bicyclic) bond motifs is 1. The molecule has 0 atom stereocenters. The van der Waals surface area contributed by atoms with E-state index in [2.05, 4.69) is 10.4 Å². The van der Waals surface area contributed by atoms with Crippen molar-refractivity contribution in [2.24, 2.45) is 0 Å². The summed E-state index contributed by atoms with van der Waals surface area (Å²) in [4.78, 5) is 37.3. The lowest BCUT2D eigenvalue weighted by atomic mass is 10.1. The molecule has 4 rings (SSSR count). The molecule has 1 N–H and O–H groups in total. The van der Waals surface area contributed by atoms with E-state index in [1.165, 1.54) is 7.11 Å². The topological polar surface area (TPSA) is 95.2 Å². The van der Waals surface area contributed by atoms with Crippen LogP contribution in [0, 0.1) is 13.8 Å². The van der Waals surface area contributed by atoms with E-state index >= 15 is 0 Å². The molecule has 0 aliphatic rings. The Morgan fingerprint density at radius 3 is 2.52 bits per heavy atom. The number of nitrogens with zero attached hydrogens (tertiary/aromatic N) is 3. The number of methoxy groups -OCH3 is 1. The Morgan fingerprint density at radius 2 is 1.79 bits per heavy atom. The number of anilines is 1. The van der Waals surface area contributed by atoms with Gasteiger partial charge in [-0.05, 0) is 49.7 Å². The summed E-state index contributed by atoms with van der Waals surface area (Å²) in [6, 6.07) is 17.7. The van der Waals surface area contributed by atoms with Gasteiger partial charge in [-0.3, -0.25) is 14.2 Å². The highest BCUT2D eigenvalue weighted by Gasteiger charge is 2.18. The standard InChI is InChI=1S/C25H24N4O4/c1-16-14-22(31)28(24-23(16)17(2)27-29(24)20-10-5-4-6-11-20)13-12-21(30)26-19-9-7-8-18(15-19)25(32)33-3/h4-11,14-15H,12-13H2,1-3H3,(H,26,30). The predicted octanol–water partition coefficient (Wildman–Crippen LogP) is 3.62. The van der Waals surface area contributed by atoms with Crippen molar-refractivity contribution in [3.05, 3.63) is 87.8 Å². The predicted molar refractivity (Wildman–Crippen MR) is 126 cm³/mol. The number of carbonyl (C=O) groups is 2. The Hall–Kier alpha value is -4.20. The van der Waals surface area contributed by atoms with Crippen molar-refractivity contribution >= 4 is 28.6 Å². The zero-order chi connectivity index (χ0) is 23.5. The number of aryl methyl sites for hydroxylation is 3. The van der Waals surface area contributed by atoms with Crippen LogP contribution in [0.4, 0.5) is 5.69 Å². The van der Waals surface area contributed by atoms with Gasteiger partial charge in [0.2, 0.25) is 5.91 Å². The smallest absolute Gasteiger partial charge is 0.337 e. The summed E-state index contributed by atoms with van der Waals surface area (Å²) in [5.41, 5.74) is 3.77. The normalized spacial score (nSPS) is 10.9. The molecule has 8 heteroatoms. The van der Waals surface area contributed by atoms with E-state index in [0.717, 1.165) is 22.3 Å². The van der Waals surface area contributed by atoms with E-state index < -0.39 is 5.97 Å². The summed E-state index contributed by atoms with van der Waals surface area (Å²) in [5.74, 6) is -0.760. The van der Waals surface area contributed by atoms with Crippen LogP contribution in [0.5, 0.6) is 0 Å². The summed E-state index contributed by atoms with van der Waals surface area (Å²) in [7, 11) is 1.30. The van der Waals surface area contributed by atoms with Crippen LogP contribution >= 0.6 is 0 Å². The van der Waals surface area contributed by atoms with Crippen molar-refractivity contribution in [1.82, 2.24) is 14.3 Å². The summed E-state index contributed by atoms with van der Waals surface area (Å²) in [5, 5.41) is 8.33. The molecule has 0 saturated heterocycles. The van der Waals surface area contributed by atoms with Crippen LogP contribution in [0.2, 0.25) is 0 Å². The summed E-state index contributed by atoms with van der Waals surface area (Å²) in [6.45, 7) is 3.97. The first-order valence-electron chi connectivity index (χ1n) is 10.5. The SMILES string of the molecule is COC(=O)c1cccc(NC(=O)CCn2c(=O)cc(C)c3c(C)nn(-c4ccccc4)c32)c1. The number of benzene rings is 2. The molecule has 0 fully saturated rings. The van der Waals surface area contributed by atoms with Crippen molar-refractivity contribution < 1.29 is 14.3 Å². The lowest BCUT2D eigenvalue weighted by Gasteiger charge is -2.12. The third-order valence-corrected chi connectivity index (χ3v) is 5.42. The van der Waals surface area contributed by atoms with Crippen LogP contribution in [0.3, 0.4) is 0 Å². The maximum absolute atomic E-state index is 12.9. The van der Waals surface area contributed by atoms with E-state index in [0.29, 0.717) is 16.9 Å². The van der Waals surface area contributed by atoms with Crippen LogP contribution in [-0.4, -0.2) is 33.3 Å². The highest BCUT2D eigenvalue weighted by molar-refractivity contribution is 5.94. The van der Waals surface area contributed by atoms with Crippen LogP contribution < -0.4 is 10.9 Å². The number of hydrogen-bond acceptors (Lipinski definition) is 5. The van der Waals surface area contributed by atoms with Crippen LogP contribution in [-0.2, 0) is 16.1 Å². The van der Waals surface area contributed by atoms with Crippen molar-refractivity contribution in [2.75, 3.05) is 12.4 Å². The molecule has 0 radical (unpaired) electrons. The van der Waals surface area contributed by atoms with Crippen molar-refractivity contribution in [2.45, 2.75) is 26.8 Å². The Bertz CT molecular complexity index is 1400. The number of aromatic nitrogens is 3. The van der Waals surface area contributed by atoms with E-state index in [9.17, 15) is 14.4 Å². The molecule has 0 spiro atoms. The molecule has 1 amide bonds. The first kappa shape index (κ1) is 22.0. The second-order valence-corrected chi connectivity index (χ2v) is 7.72. The Balaban J connectivity index is 1.64. The van der Waals surface area contributed by atoms with Gasteiger partial charge in [0.25, 0.3) is 5.56 Å². The molecule has 0 aliphatic heterocycles. The molecule has 0 saturated carbocycles. The average molecular weight is 444 g/mol. The highest BCUT2D eigenvalue weighted by atomic mass is 16.5. The largest absolute Gasteiger partial charge is 0.465 e. The molecule has 168 valence electrons. The number of carbonyl (C=O) groups excluding carboxylic acids is 2. The fraction of sp³-hybridized carbons (Fsp3) is 0.200. The van der Waals surface area contributed by atoms with Gasteiger partial charge in [0.1, 0.15) is 5.65 Å². The molecule has 2 heterocycles. The molecule has 0 aliphatic carbocycles. The number of para-hydroxylation sites is 1. The first-order valence-corrected chi connectivity index (χ1v) is 10.5. The zero-order valence-electron chi connectivity index (χ0n) is 18.7. The van der Waals surface area contributed by atoms with Gasteiger partial charge in [0.15, 0.2) is 0 Å². The molecule has 8 nitrogen and oxygen atoms in total. The molecule has 4 aromatic rings. The first-order chi connectivity index (χ1) is 15.9. The second kappa shape index (κ2) is 9.12. The maximum atomic E-state index is 12.9. The lowest BCUT2D eigenvalue weighted by Crippen LogP contribution is -2.25. The summed E-state index contributed by atoms with van der Waals surface area (Å²) < 4.78 is 8.05. The van der Waals surface area contributed by atoms with Crippen molar-refractivity contribution in [3.63, 3.8) is 0 Å². The minimum atomic E-state index is -0.482. The summed E-state index contributed by atoms with van der Waals surface area (Å²) >= 11 is 0. The third-order valence-electron chi connectivity index (χ3n) is 5.42. The van der Waals surface area contributed by atoms with Crippen LogP contribution in [0.25, 0.3) is 16.7 Å². The fourth-order valence-electron chi connectivity index (χ4n) is 3.91. The molecule has 0 unspecified atom stereocenters. The lowest BCUT2D eigenvalue weighted by molar-refractivity contribution is -0.116. The van der Waals surface area contributed by atoms with Crippen molar-refractivity contribution in [1.29, 1.82) is 0 Å². The molecule has 2 aromatic heterocycles. The Morgan fingerprint density at radius 1 is 1.03 bits per heavy atom.